The van der Waals surface area contributed by atoms with Crippen LogP contribution in [-0.4, -0.2) is 53.1 Å². The molecule has 1 aromatic carbocycles. The molecule has 2 atom stereocenters. The molecule has 1 amide bonds. The highest BCUT2D eigenvalue weighted by Gasteiger charge is 2.35. The summed E-state index contributed by atoms with van der Waals surface area (Å²) in [4.78, 5) is 17.0. The van der Waals surface area contributed by atoms with E-state index in [1.54, 1.807) is 0 Å². The van der Waals surface area contributed by atoms with Crippen LogP contribution < -0.4 is 0 Å². The van der Waals surface area contributed by atoms with Gasteiger partial charge in [0.25, 0.3) is 0 Å². The minimum Gasteiger partial charge on any atom is -0.394 e. The van der Waals surface area contributed by atoms with Crippen molar-refractivity contribution in [3.8, 4) is 0 Å². The molecule has 1 saturated heterocycles. The number of rotatable bonds is 6. The molecule has 0 saturated carbocycles. The van der Waals surface area contributed by atoms with E-state index in [0.29, 0.717) is 0 Å². The van der Waals surface area contributed by atoms with Crippen molar-refractivity contribution < 1.29 is 9.90 Å². The highest BCUT2D eigenvalue weighted by Crippen LogP contribution is 2.22. The lowest BCUT2D eigenvalue weighted by atomic mass is 10.00. The fraction of sp³-hybridized carbons (Fsp3) is 0.611. The first-order chi connectivity index (χ1) is 10.5. The molecule has 0 unspecified atom stereocenters. The maximum atomic E-state index is 13.0. The number of likely N-dealkylation sites (tertiary alicyclic amines) is 1. The Labute approximate surface area is 133 Å². The van der Waals surface area contributed by atoms with Gasteiger partial charge < -0.3 is 10.0 Å². The maximum Gasteiger partial charge on any atom is 0.240 e. The Kier molecular flexibility index (Phi) is 5.98. The molecule has 1 heterocycles. The van der Waals surface area contributed by atoms with E-state index >= 15 is 0 Å². The summed E-state index contributed by atoms with van der Waals surface area (Å²) in [6, 6.07) is 10.1. The average Bonchev–Trinajstić information content (AvgIpc) is 2.96. The zero-order valence-electron chi connectivity index (χ0n) is 13.9. The highest BCUT2D eigenvalue weighted by atomic mass is 16.3. The van der Waals surface area contributed by atoms with E-state index in [9.17, 15) is 9.90 Å². The van der Waals surface area contributed by atoms with E-state index in [2.05, 4.69) is 30.9 Å². The molecule has 4 nitrogen and oxygen atoms in total. The SMILES string of the molecule is CC(C)[C@@H](C(=O)N1CCC[C@H]1CO)N(C)Cc1ccccc1. The summed E-state index contributed by atoms with van der Waals surface area (Å²) in [7, 11) is 2.01. The molecule has 1 aliphatic heterocycles. The Hall–Kier alpha value is -1.39. The third-order valence-electron chi connectivity index (χ3n) is 4.51. The molecule has 1 aromatic rings. The van der Waals surface area contributed by atoms with Gasteiger partial charge in [-0.3, -0.25) is 9.69 Å². The summed E-state index contributed by atoms with van der Waals surface area (Å²) in [5, 5.41) is 9.47. The number of carbonyl (C=O) groups is 1. The van der Waals surface area contributed by atoms with E-state index in [1.807, 2.05) is 30.1 Å². The van der Waals surface area contributed by atoms with Gasteiger partial charge in [-0.2, -0.15) is 0 Å². The first-order valence-electron chi connectivity index (χ1n) is 8.20. The Morgan fingerprint density at radius 1 is 1.36 bits per heavy atom. The van der Waals surface area contributed by atoms with Crippen molar-refractivity contribution in [2.45, 2.75) is 45.3 Å². The topological polar surface area (TPSA) is 43.8 Å². The molecule has 0 aliphatic carbocycles. The van der Waals surface area contributed by atoms with Gasteiger partial charge in [0.05, 0.1) is 18.7 Å². The summed E-state index contributed by atoms with van der Waals surface area (Å²) < 4.78 is 0. The largest absolute Gasteiger partial charge is 0.394 e. The van der Waals surface area contributed by atoms with Crippen LogP contribution in [0, 0.1) is 5.92 Å². The number of carbonyl (C=O) groups excluding carboxylic acids is 1. The molecule has 1 aliphatic rings. The molecular weight excluding hydrogens is 276 g/mol. The highest BCUT2D eigenvalue weighted by molar-refractivity contribution is 5.82. The first kappa shape index (κ1) is 17.0. The predicted octanol–water partition coefficient (Wildman–Crippen LogP) is 2.13. The van der Waals surface area contributed by atoms with Gasteiger partial charge >= 0.3 is 0 Å². The van der Waals surface area contributed by atoms with Crippen LogP contribution in [0.2, 0.25) is 0 Å². The molecule has 0 radical (unpaired) electrons. The van der Waals surface area contributed by atoms with Gasteiger partial charge in [-0.05, 0) is 31.4 Å². The van der Waals surface area contributed by atoms with Gasteiger partial charge in [-0.15, -0.1) is 0 Å². The first-order valence-corrected chi connectivity index (χ1v) is 8.20. The summed E-state index contributed by atoms with van der Waals surface area (Å²) in [6.07, 6.45) is 1.90. The van der Waals surface area contributed by atoms with Gasteiger partial charge in [0.2, 0.25) is 5.91 Å². The number of aliphatic hydroxyl groups excluding tert-OH is 1. The van der Waals surface area contributed by atoms with Crippen LogP contribution in [0.1, 0.15) is 32.3 Å². The Morgan fingerprint density at radius 3 is 2.64 bits per heavy atom. The van der Waals surface area contributed by atoms with Crippen molar-refractivity contribution >= 4 is 5.91 Å². The third-order valence-corrected chi connectivity index (χ3v) is 4.51. The fourth-order valence-corrected chi connectivity index (χ4v) is 3.44. The van der Waals surface area contributed by atoms with E-state index in [4.69, 9.17) is 0 Å². The van der Waals surface area contributed by atoms with Crippen LogP contribution in [0.15, 0.2) is 30.3 Å². The molecular formula is C18H28N2O2. The van der Waals surface area contributed by atoms with E-state index < -0.39 is 0 Å². The Morgan fingerprint density at radius 2 is 2.05 bits per heavy atom. The van der Waals surface area contributed by atoms with Crippen molar-refractivity contribution in [1.82, 2.24) is 9.80 Å². The van der Waals surface area contributed by atoms with Crippen LogP contribution >= 0.6 is 0 Å². The second-order valence-corrected chi connectivity index (χ2v) is 6.60. The van der Waals surface area contributed by atoms with Crippen LogP contribution in [0.3, 0.4) is 0 Å². The van der Waals surface area contributed by atoms with Gasteiger partial charge in [-0.25, -0.2) is 0 Å². The minimum atomic E-state index is -0.146. The van der Waals surface area contributed by atoms with Crippen molar-refractivity contribution in [1.29, 1.82) is 0 Å². The molecule has 22 heavy (non-hydrogen) atoms. The van der Waals surface area contributed by atoms with Crippen LogP contribution in [-0.2, 0) is 11.3 Å². The van der Waals surface area contributed by atoms with Crippen molar-refractivity contribution in [2.75, 3.05) is 20.2 Å². The lowest BCUT2D eigenvalue weighted by Gasteiger charge is -2.35. The quantitative estimate of drug-likeness (QED) is 0.875. The summed E-state index contributed by atoms with van der Waals surface area (Å²) in [6.45, 7) is 5.78. The van der Waals surface area contributed by atoms with Crippen molar-refractivity contribution in [3.63, 3.8) is 0 Å². The second-order valence-electron chi connectivity index (χ2n) is 6.60. The van der Waals surface area contributed by atoms with Crippen LogP contribution in [0.25, 0.3) is 0 Å². The number of likely N-dealkylation sites (N-methyl/N-ethyl adjacent to an activating group) is 1. The molecule has 122 valence electrons. The normalized spacial score (nSPS) is 19.9. The predicted molar refractivity (Wildman–Crippen MR) is 88.4 cm³/mol. The second kappa shape index (κ2) is 7.75. The van der Waals surface area contributed by atoms with Crippen molar-refractivity contribution in [2.24, 2.45) is 5.92 Å². The van der Waals surface area contributed by atoms with Gasteiger partial charge in [0.15, 0.2) is 0 Å². The molecule has 0 aromatic heterocycles. The molecule has 2 rings (SSSR count). The lowest BCUT2D eigenvalue weighted by molar-refractivity contribution is -0.140. The zero-order chi connectivity index (χ0) is 16.1. The van der Waals surface area contributed by atoms with E-state index in [-0.39, 0.29) is 30.5 Å². The number of hydrogen-bond acceptors (Lipinski definition) is 3. The number of benzene rings is 1. The fourth-order valence-electron chi connectivity index (χ4n) is 3.44. The third kappa shape index (κ3) is 3.87. The molecule has 4 heteroatoms. The number of amides is 1. The summed E-state index contributed by atoms with van der Waals surface area (Å²) in [5.41, 5.74) is 1.21. The summed E-state index contributed by atoms with van der Waals surface area (Å²) >= 11 is 0. The smallest absolute Gasteiger partial charge is 0.240 e. The standard InChI is InChI=1S/C18H28N2O2/c1-14(2)17(18(22)20-11-7-10-16(20)13-21)19(3)12-15-8-5-4-6-9-15/h4-6,8-9,14,16-17,21H,7,10-13H2,1-3H3/t16-,17-/m0/s1. The maximum absolute atomic E-state index is 13.0. The monoisotopic (exact) mass is 304 g/mol. The number of aliphatic hydroxyl groups is 1. The average molecular weight is 304 g/mol. The van der Waals surface area contributed by atoms with E-state index in [0.717, 1.165) is 25.9 Å². The molecule has 0 bridgehead atoms. The number of hydrogen-bond donors (Lipinski definition) is 1. The van der Waals surface area contributed by atoms with E-state index in [1.165, 1.54) is 5.56 Å². The van der Waals surface area contributed by atoms with Crippen molar-refractivity contribution in [3.05, 3.63) is 35.9 Å². The van der Waals surface area contributed by atoms with Gasteiger partial charge in [-0.1, -0.05) is 44.2 Å². The number of nitrogens with zero attached hydrogens (tertiary/aromatic N) is 2. The zero-order valence-corrected chi connectivity index (χ0v) is 13.9. The Bertz CT molecular complexity index is 475. The molecule has 0 spiro atoms. The lowest BCUT2D eigenvalue weighted by Crippen LogP contribution is -2.51. The molecule has 1 fully saturated rings. The summed E-state index contributed by atoms with van der Waals surface area (Å²) in [5.74, 6) is 0.395. The Balaban J connectivity index is 2.10. The van der Waals surface area contributed by atoms with Gasteiger partial charge in [0, 0.05) is 13.1 Å². The minimum absolute atomic E-state index is 0.00104. The molecule has 1 N–H and O–H groups in total. The van der Waals surface area contributed by atoms with Crippen LogP contribution in [0.4, 0.5) is 0 Å². The van der Waals surface area contributed by atoms with Gasteiger partial charge in [0.1, 0.15) is 0 Å². The van der Waals surface area contributed by atoms with Crippen LogP contribution in [0.5, 0.6) is 0 Å².